The molecule has 0 spiro atoms. The highest BCUT2D eigenvalue weighted by Gasteiger charge is 2.41. The van der Waals surface area contributed by atoms with Gasteiger partial charge < -0.3 is 15.0 Å². The number of rotatable bonds is 6. The largest absolute Gasteiger partial charge is 0.403 e. The third kappa shape index (κ3) is 8.29. The van der Waals surface area contributed by atoms with Crippen LogP contribution in [0.1, 0.15) is 31.9 Å². The maximum Gasteiger partial charge on any atom is 0.403 e. The van der Waals surface area contributed by atoms with Crippen LogP contribution >= 0.6 is 24.0 Å². The van der Waals surface area contributed by atoms with Crippen molar-refractivity contribution in [2.24, 2.45) is 4.99 Å². The first kappa shape index (κ1) is 26.0. The number of aliphatic imine (C=N–C) groups is 1. The average Bonchev–Trinajstić information content (AvgIpc) is 2.66. The van der Waals surface area contributed by atoms with Gasteiger partial charge in [0.05, 0.1) is 12.7 Å². The van der Waals surface area contributed by atoms with Crippen molar-refractivity contribution in [2.45, 2.75) is 52.2 Å². The Hall–Kier alpha value is -1.07. The Morgan fingerprint density at radius 3 is 2.31 bits per heavy atom. The number of hydrogen-bond donors (Lipinski definition) is 1. The average molecular weight is 528 g/mol. The predicted octanol–water partition coefficient (Wildman–Crippen LogP) is 3.87. The monoisotopic (exact) mass is 528 g/mol. The van der Waals surface area contributed by atoms with E-state index in [2.05, 4.69) is 16.4 Å². The second-order valence-corrected chi connectivity index (χ2v) is 7.32. The molecule has 1 aliphatic rings. The minimum atomic E-state index is -4.19. The van der Waals surface area contributed by atoms with Gasteiger partial charge in [0.25, 0.3) is 0 Å². The summed E-state index contributed by atoms with van der Waals surface area (Å²) >= 11 is 0. The normalized spacial score (nSPS) is 17.2. The second kappa shape index (κ2) is 11.9. The Bertz CT molecular complexity index is 647. The summed E-state index contributed by atoms with van der Waals surface area (Å²) in [6.45, 7) is 8.16. The lowest BCUT2D eigenvalue weighted by Crippen LogP contribution is -2.56. The molecule has 9 heteroatoms. The highest BCUT2D eigenvalue weighted by atomic mass is 127. The van der Waals surface area contributed by atoms with E-state index in [9.17, 15) is 13.2 Å². The van der Waals surface area contributed by atoms with E-state index in [1.807, 2.05) is 36.9 Å². The van der Waals surface area contributed by atoms with Crippen LogP contribution in [0.5, 0.6) is 0 Å². The molecule has 2 rings (SSSR count). The molecule has 1 unspecified atom stereocenters. The number of piperazine rings is 1. The summed E-state index contributed by atoms with van der Waals surface area (Å²) in [7, 11) is 1.69. The van der Waals surface area contributed by atoms with E-state index in [1.165, 1.54) is 11.8 Å². The zero-order chi connectivity index (χ0) is 20.7. The quantitative estimate of drug-likeness (QED) is 0.346. The Labute approximate surface area is 188 Å². The molecule has 5 nitrogen and oxygen atoms in total. The van der Waals surface area contributed by atoms with Crippen molar-refractivity contribution >= 4 is 29.9 Å². The lowest BCUT2D eigenvalue weighted by atomic mass is 10.1. The smallest absolute Gasteiger partial charge is 0.374 e. The summed E-state index contributed by atoms with van der Waals surface area (Å²) in [5.74, 6) is 0.711. The summed E-state index contributed by atoms with van der Waals surface area (Å²) in [6.07, 6.45) is -4.01. The van der Waals surface area contributed by atoms with Gasteiger partial charge in [0.1, 0.15) is 6.04 Å². The number of ether oxygens (including phenoxy) is 1. The van der Waals surface area contributed by atoms with E-state index in [4.69, 9.17) is 4.74 Å². The van der Waals surface area contributed by atoms with E-state index < -0.39 is 12.2 Å². The van der Waals surface area contributed by atoms with E-state index in [1.54, 1.807) is 7.05 Å². The van der Waals surface area contributed by atoms with Crippen LogP contribution in [0, 0.1) is 0 Å². The topological polar surface area (TPSA) is 40.1 Å². The van der Waals surface area contributed by atoms with Crippen molar-refractivity contribution < 1.29 is 17.9 Å². The van der Waals surface area contributed by atoms with Crippen LogP contribution in [0.4, 0.5) is 13.2 Å². The van der Waals surface area contributed by atoms with Crippen LogP contribution in [0.2, 0.25) is 0 Å². The summed E-state index contributed by atoms with van der Waals surface area (Å²) in [4.78, 5) is 7.77. The van der Waals surface area contributed by atoms with Crippen molar-refractivity contribution in [3.8, 4) is 0 Å². The van der Waals surface area contributed by atoms with Crippen molar-refractivity contribution in [3.63, 3.8) is 0 Å². The highest BCUT2D eigenvalue weighted by Crippen LogP contribution is 2.25. The molecule has 1 saturated heterocycles. The van der Waals surface area contributed by atoms with Crippen LogP contribution in [-0.4, -0.2) is 67.3 Å². The number of alkyl halides is 3. The van der Waals surface area contributed by atoms with Gasteiger partial charge in [0, 0.05) is 39.8 Å². The van der Waals surface area contributed by atoms with Crippen molar-refractivity contribution in [1.29, 1.82) is 0 Å². The Morgan fingerprint density at radius 2 is 1.76 bits per heavy atom. The minimum absolute atomic E-state index is 0. The maximum atomic E-state index is 12.9. The fourth-order valence-corrected chi connectivity index (χ4v) is 3.13. The van der Waals surface area contributed by atoms with Crippen LogP contribution in [-0.2, 0) is 17.9 Å². The van der Waals surface area contributed by atoms with Gasteiger partial charge in [-0.1, -0.05) is 24.3 Å². The molecule has 1 fully saturated rings. The van der Waals surface area contributed by atoms with Crippen molar-refractivity contribution in [1.82, 2.24) is 15.1 Å². The SMILES string of the molecule is CN=C(NCc1cccc(COC(C)C)c1)N1CCN(C(C)C(F)(F)F)CC1.I. The Balaban J connectivity index is 0.00000420. The van der Waals surface area contributed by atoms with Gasteiger partial charge in [-0.25, -0.2) is 0 Å². The fraction of sp³-hybridized carbons (Fsp3) is 0.650. The second-order valence-electron chi connectivity index (χ2n) is 7.32. The molecule has 0 amide bonds. The van der Waals surface area contributed by atoms with E-state index in [0.29, 0.717) is 45.3 Å². The molecule has 1 N–H and O–H groups in total. The van der Waals surface area contributed by atoms with Gasteiger partial charge >= 0.3 is 6.18 Å². The van der Waals surface area contributed by atoms with Gasteiger partial charge in [-0.15, -0.1) is 24.0 Å². The Kier molecular flexibility index (Phi) is 10.7. The summed E-state index contributed by atoms with van der Waals surface area (Å²) in [5, 5.41) is 3.32. The molecule has 1 heterocycles. The first-order chi connectivity index (χ1) is 13.2. The van der Waals surface area contributed by atoms with Crippen LogP contribution < -0.4 is 5.32 Å². The first-order valence-electron chi connectivity index (χ1n) is 9.66. The molecule has 0 aliphatic carbocycles. The number of nitrogens with zero attached hydrogens (tertiary/aromatic N) is 3. The molecule has 29 heavy (non-hydrogen) atoms. The molecule has 1 aromatic carbocycles. The predicted molar refractivity (Wildman–Crippen MR) is 121 cm³/mol. The Morgan fingerprint density at radius 1 is 1.14 bits per heavy atom. The number of benzene rings is 1. The minimum Gasteiger partial charge on any atom is -0.374 e. The number of halogens is 4. The third-order valence-corrected chi connectivity index (χ3v) is 4.87. The molecule has 0 bridgehead atoms. The molecular weight excluding hydrogens is 496 g/mol. The number of nitrogens with one attached hydrogen (secondary N) is 1. The lowest BCUT2D eigenvalue weighted by molar-refractivity contribution is -0.181. The number of guanidine groups is 1. The summed E-state index contributed by atoms with van der Waals surface area (Å²) in [5.41, 5.74) is 2.22. The standard InChI is InChI=1S/C20H31F3N4O.HI/c1-15(2)28-14-18-7-5-6-17(12-18)13-25-19(24-4)27-10-8-26(9-11-27)16(3)20(21,22)23;/h5-7,12,15-16H,8-11,13-14H2,1-4H3,(H,24,25);1H. The van der Waals surface area contributed by atoms with Gasteiger partial charge in [0.15, 0.2) is 5.96 Å². The van der Waals surface area contributed by atoms with Gasteiger partial charge in [-0.3, -0.25) is 9.89 Å². The maximum absolute atomic E-state index is 12.9. The van der Waals surface area contributed by atoms with Crippen LogP contribution in [0.15, 0.2) is 29.3 Å². The van der Waals surface area contributed by atoms with Gasteiger partial charge in [0.2, 0.25) is 0 Å². The molecule has 0 radical (unpaired) electrons. The van der Waals surface area contributed by atoms with Crippen LogP contribution in [0.3, 0.4) is 0 Å². The van der Waals surface area contributed by atoms with E-state index >= 15 is 0 Å². The zero-order valence-electron chi connectivity index (χ0n) is 17.5. The molecule has 166 valence electrons. The molecular formula is C20H32F3IN4O. The zero-order valence-corrected chi connectivity index (χ0v) is 19.8. The molecule has 0 aromatic heterocycles. The first-order valence-corrected chi connectivity index (χ1v) is 9.66. The summed E-state index contributed by atoms with van der Waals surface area (Å²) < 4.78 is 44.3. The highest BCUT2D eigenvalue weighted by molar-refractivity contribution is 14.0. The van der Waals surface area contributed by atoms with Crippen molar-refractivity contribution in [2.75, 3.05) is 33.2 Å². The summed E-state index contributed by atoms with van der Waals surface area (Å²) in [6, 6.07) is 6.73. The molecule has 0 saturated carbocycles. The molecule has 1 aromatic rings. The van der Waals surface area contributed by atoms with E-state index in [-0.39, 0.29) is 30.1 Å². The van der Waals surface area contributed by atoms with Crippen LogP contribution in [0.25, 0.3) is 0 Å². The third-order valence-electron chi connectivity index (χ3n) is 4.87. The van der Waals surface area contributed by atoms with Crippen molar-refractivity contribution in [3.05, 3.63) is 35.4 Å². The fourth-order valence-electron chi connectivity index (χ4n) is 3.13. The lowest BCUT2D eigenvalue weighted by Gasteiger charge is -2.39. The molecule has 1 atom stereocenters. The van der Waals surface area contributed by atoms with E-state index in [0.717, 1.165) is 11.1 Å². The van der Waals surface area contributed by atoms with Gasteiger partial charge in [-0.2, -0.15) is 13.2 Å². The van der Waals surface area contributed by atoms with Gasteiger partial charge in [-0.05, 0) is 31.9 Å². The number of hydrogen-bond acceptors (Lipinski definition) is 3. The molecule has 1 aliphatic heterocycles.